The largest absolute Gasteiger partial charge is 0.353 e. The Hall–Kier alpha value is -1.98. The summed E-state index contributed by atoms with van der Waals surface area (Å²) in [5.41, 5.74) is -0.544. The van der Waals surface area contributed by atoms with Crippen LogP contribution in [0.4, 0.5) is 8.78 Å². The van der Waals surface area contributed by atoms with Crippen LogP contribution in [0.5, 0.6) is 0 Å². The number of nitrogens with one attached hydrogen (secondary N) is 1. The summed E-state index contributed by atoms with van der Waals surface area (Å²) in [6, 6.07) is 3.44. The molecule has 0 bridgehead atoms. The van der Waals surface area contributed by atoms with Gasteiger partial charge in [-0.1, -0.05) is 19.4 Å². The van der Waals surface area contributed by atoms with Crippen LogP contribution >= 0.6 is 0 Å². The molecule has 1 N–H and O–H groups in total. The topological polar surface area (TPSA) is 49.4 Å². The molecule has 1 aromatic carbocycles. The van der Waals surface area contributed by atoms with Gasteiger partial charge < -0.3 is 10.2 Å². The monoisotopic (exact) mass is 338 g/mol. The number of halogens is 2. The van der Waals surface area contributed by atoms with Crippen LogP contribution in [0.25, 0.3) is 0 Å². The molecule has 0 radical (unpaired) electrons. The zero-order valence-electron chi connectivity index (χ0n) is 14.1. The number of hydrogen-bond acceptors (Lipinski definition) is 2. The van der Waals surface area contributed by atoms with Crippen LogP contribution in [0.15, 0.2) is 18.2 Å². The summed E-state index contributed by atoms with van der Waals surface area (Å²) in [5.74, 6) is -2.87. The number of amides is 2. The lowest BCUT2D eigenvalue weighted by Gasteiger charge is -2.32. The third kappa shape index (κ3) is 4.30. The Morgan fingerprint density at radius 2 is 2.00 bits per heavy atom. The van der Waals surface area contributed by atoms with Crippen LogP contribution in [-0.2, 0) is 4.79 Å². The van der Waals surface area contributed by atoms with E-state index in [0.717, 1.165) is 25.0 Å². The van der Waals surface area contributed by atoms with Crippen molar-refractivity contribution in [3.05, 3.63) is 35.4 Å². The third-order valence-electron chi connectivity index (χ3n) is 4.37. The van der Waals surface area contributed by atoms with E-state index < -0.39 is 23.1 Å². The quantitative estimate of drug-likeness (QED) is 0.897. The molecule has 1 aromatic rings. The average molecular weight is 338 g/mol. The SMILES string of the molecule is CCC[C@H](C)NC(=O)[C@H]1CCCN(C(=O)c2c(F)cccc2F)C1. The summed E-state index contributed by atoms with van der Waals surface area (Å²) in [6.07, 6.45) is 3.18. The summed E-state index contributed by atoms with van der Waals surface area (Å²) in [7, 11) is 0. The highest BCUT2D eigenvalue weighted by atomic mass is 19.1. The molecule has 2 atom stereocenters. The first-order chi connectivity index (χ1) is 11.4. The summed E-state index contributed by atoms with van der Waals surface area (Å²) in [4.78, 5) is 26.1. The van der Waals surface area contributed by atoms with E-state index in [1.165, 1.54) is 11.0 Å². The number of nitrogens with zero attached hydrogens (tertiary/aromatic N) is 1. The smallest absolute Gasteiger partial charge is 0.259 e. The Kier molecular flexibility index (Phi) is 6.29. The summed E-state index contributed by atoms with van der Waals surface area (Å²) in [5, 5.41) is 2.95. The predicted molar refractivity (Wildman–Crippen MR) is 87.5 cm³/mol. The average Bonchev–Trinajstić information content (AvgIpc) is 2.54. The van der Waals surface area contributed by atoms with Gasteiger partial charge >= 0.3 is 0 Å². The van der Waals surface area contributed by atoms with Gasteiger partial charge in [0.25, 0.3) is 5.91 Å². The molecule has 24 heavy (non-hydrogen) atoms. The van der Waals surface area contributed by atoms with Gasteiger partial charge in [0, 0.05) is 19.1 Å². The van der Waals surface area contributed by atoms with Crippen LogP contribution in [0.1, 0.15) is 49.9 Å². The van der Waals surface area contributed by atoms with Gasteiger partial charge in [-0.25, -0.2) is 8.78 Å². The number of carbonyl (C=O) groups excluding carboxylic acids is 2. The van der Waals surface area contributed by atoms with Crippen molar-refractivity contribution in [2.45, 2.75) is 45.6 Å². The van der Waals surface area contributed by atoms with Crippen LogP contribution < -0.4 is 5.32 Å². The molecule has 2 amide bonds. The van der Waals surface area contributed by atoms with Gasteiger partial charge in [-0.3, -0.25) is 9.59 Å². The highest BCUT2D eigenvalue weighted by Crippen LogP contribution is 2.21. The van der Waals surface area contributed by atoms with Gasteiger partial charge in [0.05, 0.1) is 5.92 Å². The van der Waals surface area contributed by atoms with Crippen molar-refractivity contribution in [2.75, 3.05) is 13.1 Å². The van der Waals surface area contributed by atoms with Gasteiger partial charge in [0.2, 0.25) is 5.91 Å². The first-order valence-corrected chi connectivity index (χ1v) is 8.47. The Balaban J connectivity index is 2.05. The Morgan fingerprint density at radius 1 is 1.33 bits per heavy atom. The zero-order valence-corrected chi connectivity index (χ0v) is 14.1. The zero-order chi connectivity index (χ0) is 17.7. The molecule has 1 saturated heterocycles. The second kappa shape index (κ2) is 8.22. The summed E-state index contributed by atoms with van der Waals surface area (Å²) >= 11 is 0. The van der Waals surface area contributed by atoms with Crippen molar-refractivity contribution >= 4 is 11.8 Å². The second-order valence-corrected chi connectivity index (χ2v) is 6.39. The molecule has 0 aliphatic carbocycles. The van der Waals surface area contributed by atoms with Crippen molar-refractivity contribution < 1.29 is 18.4 Å². The first kappa shape index (κ1) is 18.4. The van der Waals surface area contributed by atoms with Crippen LogP contribution in [0.3, 0.4) is 0 Å². The molecule has 132 valence electrons. The van der Waals surface area contributed by atoms with E-state index in [1.54, 1.807) is 0 Å². The minimum absolute atomic E-state index is 0.0811. The van der Waals surface area contributed by atoms with Crippen molar-refractivity contribution in [1.29, 1.82) is 0 Å². The van der Waals surface area contributed by atoms with Crippen molar-refractivity contribution in [1.82, 2.24) is 10.2 Å². The molecule has 2 rings (SSSR count). The van der Waals surface area contributed by atoms with Gasteiger partial charge in [-0.05, 0) is 38.3 Å². The van der Waals surface area contributed by atoms with Gasteiger partial charge in [0.15, 0.2) is 0 Å². The second-order valence-electron chi connectivity index (χ2n) is 6.39. The lowest BCUT2D eigenvalue weighted by atomic mass is 9.96. The summed E-state index contributed by atoms with van der Waals surface area (Å²) < 4.78 is 27.6. The molecule has 0 saturated carbocycles. The van der Waals surface area contributed by atoms with E-state index in [2.05, 4.69) is 5.32 Å². The Morgan fingerprint density at radius 3 is 2.62 bits per heavy atom. The number of rotatable bonds is 5. The van der Waals surface area contributed by atoms with E-state index in [9.17, 15) is 18.4 Å². The number of piperidine rings is 1. The minimum Gasteiger partial charge on any atom is -0.353 e. The van der Waals surface area contributed by atoms with Crippen molar-refractivity contribution in [2.24, 2.45) is 5.92 Å². The van der Waals surface area contributed by atoms with E-state index in [-0.39, 0.29) is 24.4 Å². The van der Waals surface area contributed by atoms with Crippen LogP contribution in [0, 0.1) is 17.6 Å². The van der Waals surface area contributed by atoms with Gasteiger partial charge in [-0.15, -0.1) is 0 Å². The normalized spacial score (nSPS) is 19.0. The highest BCUT2D eigenvalue weighted by molar-refractivity contribution is 5.95. The summed E-state index contributed by atoms with van der Waals surface area (Å²) in [6.45, 7) is 4.59. The lowest BCUT2D eigenvalue weighted by Crippen LogP contribution is -2.47. The maximum atomic E-state index is 13.8. The molecule has 6 heteroatoms. The Bertz CT molecular complexity index is 586. The predicted octanol–water partition coefficient (Wildman–Crippen LogP) is 3.12. The van der Waals surface area contributed by atoms with Crippen LogP contribution in [0.2, 0.25) is 0 Å². The molecular weight excluding hydrogens is 314 g/mol. The van der Waals surface area contributed by atoms with Crippen LogP contribution in [-0.4, -0.2) is 35.8 Å². The minimum atomic E-state index is -0.872. The number of hydrogen-bond donors (Lipinski definition) is 1. The molecule has 1 aliphatic rings. The molecular formula is C18H24F2N2O2. The lowest BCUT2D eigenvalue weighted by molar-refractivity contribution is -0.127. The standard InChI is InChI=1S/C18H24F2N2O2/c1-3-6-12(2)21-17(23)13-7-5-10-22(11-13)18(24)16-14(19)8-4-9-15(16)20/h4,8-9,12-13H,3,5-7,10-11H2,1-2H3,(H,21,23)/t12-,13-/m0/s1. The first-order valence-electron chi connectivity index (χ1n) is 8.47. The molecule has 0 spiro atoms. The fourth-order valence-corrected chi connectivity index (χ4v) is 3.10. The van der Waals surface area contributed by atoms with E-state index in [4.69, 9.17) is 0 Å². The van der Waals surface area contributed by atoms with E-state index in [0.29, 0.717) is 19.4 Å². The fourth-order valence-electron chi connectivity index (χ4n) is 3.10. The molecule has 1 aliphatic heterocycles. The maximum Gasteiger partial charge on any atom is 0.259 e. The highest BCUT2D eigenvalue weighted by Gasteiger charge is 2.31. The molecule has 4 nitrogen and oxygen atoms in total. The van der Waals surface area contributed by atoms with Gasteiger partial charge in [0.1, 0.15) is 17.2 Å². The van der Waals surface area contributed by atoms with E-state index >= 15 is 0 Å². The Labute approximate surface area is 141 Å². The van der Waals surface area contributed by atoms with E-state index in [1.807, 2.05) is 13.8 Å². The maximum absolute atomic E-state index is 13.8. The third-order valence-corrected chi connectivity index (χ3v) is 4.37. The van der Waals surface area contributed by atoms with Gasteiger partial charge in [-0.2, -0.15) is 0 Å². The number of likely N-dealkylation sites (tertiary alicyclic amines) is 1. The van der Waals surface area contributed by atoms with Crippen molar-refractivity contribution in [3.63, 3.8) is 0 Å². The number of carbonyl (C=O) groups is 2. The van der Waals surface area contributed by atoms with Crippen molar-refractivity contribution in [3.8, 4) is 0 Å². The number of benzene rings is 1. The molecule has 1 fully saturated rings. The molecule has 1 heterocycles. The molecule has 0 unspecified atom stereocenters. The fraction of sp³-hybridized carbons (Fsp3) is 0.556. The molecule has 0 aromatic heterocycles.